The van der Waals surface area contributed by atoms with Gasteiger partial charge in [0.25, 0.3) is 0 Å². The van der Waals surface area contributed by atoms with Gasteiger partial charge in [-0.25, -0.2) is 4.70 Å². The van der Waals surface area contributed by atoms with E-state index in [0.29, 0.717) is 0 Å². The van der Waals surface area contributed by atoms with E-state index in [1.807, 2.05) is 0 Å². The number of allylic oxidation sites excluding steroid dienone is 2. The summed E-state index contributed by atoms with van der Waals surface area (Å²) in [6, 6.07) is 17.7. The van der Waals surface area contributed by atoms with Crippen molar-refractivity contribution in [2.75, 3.05) is 0 Å². The van der Waals surface area contributed by atoms with Gasteiger partial charge in [0.05, 0.1) is 0 Å². The first-order chi connectivity index (χ1) is 16.6. The zero-order valence-electron chi connectivity index (χ0n) is 22.3. The molecule has 0 atom stereocenters. The summed E-state index contributed by atoms with van der Waals surface area (Å²) in [7, 11) is 0. The molecule has 0 aliphatic carbocycles. The van der Waals surface area contributed by atoms with Crippen LogP contribution in [0, 0.1) is 0 Å². The van der Waals surface area contributed by atoms with Crippen molar-refractivity contribution in [3.05, 3.63) is 87.5 Å². The minimum absolute atomic E-state index is 0. The summed E-state index contributed by atoms with van der Waals surface area (Å²) in [4.78, 5) is 0. The summed E-state index contributed by atoms with van der Waals surface area (Å²) in [5.41, 5.74) is 21.5. The fourth-order valence-electron chi connectivity index (χ4n) is 5.00. The molecule has 35 heavy (non-hydrogen) atoms. The Labute approximate surface area is 224 Å². The Morgan fingerprint density at radius 2 is 0.943 bits per heavy atom. The molecule has 1 aliphatic rings. The Morgan fingerprint density at radius 3 is 1.31 bits per heavy atom. The van der Waals surface area contributed by atoms with E-state index in [4.69, 9.17) is 0 Å². The van der Waals surface area contributed by atoms with E-state index >= 15 is 0 Å². The second kappa shape index (κ2) is 15.2. The van der Waals surface area contributed by atoms with Crippen molar-refractivity contribution >= 4 is 11.4 Å². The molecule has 0 bridgehead atoms. The van der Waals surface area contributed by atoms with Crippen LogP contribution in [0.25, 0.3) is 16.9 Å². The largest absolute Gasteiger partial charge is 0.493 e. The van der Waals surface area contributed by atoms with E-state index < -0.39 is 0 Å². The van der Waals surface area contributed by atoms with Gasteiger partial charge in [0, 0.05) is 38.8 Å². The summed E-state index contributed by atoms with van der Waals surface area (Å²) >= 11 is 0. The third-order valence-corrected chi connectivity index (χ3v) is 6.96. The van der Waals surface area contributed by atoms with E-state index in [1.54, 1.807) is 0 Å². The Balaban J connectivity index is 0.00000432. The maximum atomic E-state index is 11.7. The number of hydrogen-bond acceptors (Lipinski definition) is 0. The molecular weight excluding hydrogens is 471 g/mol. The molecular formula is C32H44N2Ni. The first-order valence-electron chi connectivity index (χ1n) is 13.8. The molecule has 3 rings (SSSR count). The molecule has 0 spiro atoms. The van der Waals surface area contributed by atoms with Gasteiger partial charge in [-0.05, 0) is 86.8 Å². The van der Waals surface area contributed by atoms with Gasteiger partial charge >= 0.3 is 0 Å². The van der Waals surface area contributed by atoms with Crippen molar-refractivity contribution in [1.82, 2.24) is 0 Å². The number of benzene rings is 2. The van der Waals surface area contributed by atoms with E-state index in [1.165, 1.54) is 52.7 Å². The molecule has 1 heterocycles. The topological polar surface area (TPSA) is 25.3 Å². The summed E-state index contributed by atoms with van der Waals surface area (Å²) in [6.45, 7) is 8.99. The molecule has 0 amide bonds. The molecule has 3 heteroatoms. The molecule has 2 aromatic carbocycles. The zero-order valence-corrected chi connectivity index (χ0v) is 23.3. The molecule has 0 aromatic heterocycles. The smallest absolute Gasteiger partial charge is 0.211 e. The molecule has 0 saturated carbocycles. The minimum Gasteiger partial charge on any atom is -0.493 e. The van der Waals surface area contributed by atoms with Crippen LogP contribution in [0.5, 0.6) is 0 Å². The van der Waals surface area contributed by atoms with Crippen LogP contribution in [0.2, 0.25) is 0 Å². The SMILES string of the molecule is CCCCC1=C(c2cccc(CCCC)c2)[N+](=[N-])C(c2cccc(CCCC)c2)=C1CCCC.[Ni]. The molecule has 0 fully saturated rings. The fraction of sp³-hybridized carbons (Fsp3) is 0.500. The summed E-state index contributed by atoms with van der Waals surface area (Å²) in [5.74, 6) is 0. The van der Waals surface area contributed by atoms with Crippen LogP contribution < -0.4 is 0 Å². The van der Waals surface area contributed by atoms with Gasteiger partial charge in [-0.2, -0.15) is 0 Å². The van der Waals surface area contributed by atoms with E-state index in [-0.39, 0.29) is 16.5 Å². The molecule has 2 aromatic rings. The first-order valence-corrected chi connectivity index (χ1v) is 13.8. The Bertz CT molecular complexity index is 950. The van der Waals surface area contributed by atoms with Gasteiger partial charge < -0.3 is 5.53 Å². The third kappa shape index (κ3) is 7.50. The monoisotopic (exact) mass is 514 g/mol. The van der Waals surface area contributed by atoms with Crippen molar-refractivity contribution in [1.29, 1.82) is 0 Å². The Hall–Kier alpha value is -1.99. The van der Waals surface area contributed by atoms with Gasteiger partial charge in [-0.1, -0.05) is 77.6 Å². The number of hydrogen-bond donors (Lipinski definition) is 0. The average molecular weight is 515 g/mol. The molecule has 2 nitrogen and oxygen atoms in total. The van der Waals surface area contributed by atoms with Gasteiger partial charge in [-0.3, -0.25) is 0 Å². The minimum atomic E-state index is 0. The standard InChI is InChI=1S/C32H44N2.Ni/c1-5-9-15-25-17-13-19-27(23-25)31-29(21-11-7-3)30(22-12-8-4)32(34(31)33)28-20-14-18-26(24-28)16-10-6-2;/h13-14,17-20,23-24H,5-12,15-16,21-22H2,1-4H3;. The van der Waals surface area contributed by atoms with Crippen molar-refractivity contribution in [2.24, 2.45) is 0 Å². The van der Waals surface area contributed by atoms with Crippen LogP contribution in [0.4, 0.5) is 0 Å². The fourth-order valence-corrected chi connectivity index (χ4v) is 5.00. The normalized spacial score (nSPS) is 13.5. The molecule has 0 unspecified atom stereocenters. The second-order valence-electron chi connectivity index (χ2n) is 9.78. The van der Waals surface area contributed by atoms with Crippen LogP contribution >= 0.6 is 0 Å². The van der Waals surface area contributed by atoms with Crippen molar-refractivity contribution in [3.63, 3.8) is 0 Å². The first kappa shape index (κ1) is 29.2. The van der Waals surface area contributed by atoms with Gasteiger partial charge in [-0.15, -0.1) is 0 Å². The number of unbranched alkanes of at least 4 members (excludes halogenated alkanes) is 4. The number of aryl methyl sites for hydroxylation is 2. The second-order valence-corrected chi connectivity index (χ2v) is 9.78. The quantitative estimate of drug-likeness (QED) is 0.177. The van der Waals surface area contributed by atoms with Gasteiger partial charge in [0.2, 0.25) is 11.4 Å². The van der Waals surface area contributed by atoms with Crippen molar-refractivity contribution in [3.8, 4) is 0 Å². The summed E-state index contributed by atoms with van der Waals surface area (Å²) < 4.78 is 1.54. The van der Waals surface area contributed by atoms with Crippen molar-refractivity contribution in [2.45, 2.75) is 105 Å². The van der Waals surface area contributed by atoms with Crippen LogP contribution in [0.15, 0.2) is 59.7 Å². The summed E-state index contributed by atoms with van der Waals surface area (Å²) in [6.07, 6.45) is 13.6. The molecule has 0 N–H and O–H groups in total. The predicted molar refractivity (Wildman–Crippen MR) is 147 cm³/mol. The maximum Gasteiger partial charge on any atom is 0.211 e. The Kier molecular flexibility index (Phi) is 12.7. The molecule has 1 aliphatic heterocycles. The predicted octanol–water partition coefficient (Wildman–Crippen LogP) is 9.92. The van der Waals surface area contributed by atoms with Crippen LogP contribution in [0.3, 0.4) is 0 Å². The number of nitrogens with zero attached hydrogens (tertiary/aromatic N) is 2. The average Bonchev–Trinajstić information content (AvgIpc) is 3.14. The van der Waals surface area contributed by atoms with Crippen LogP contribution in [0.1, 0.15) is 114 Å². The molecule has 0 saturated heterocycles. The Morgan fingerprint density at radius 1 is 0.571 bits per heavy atom. The molecule has 0 radical (unpaired) electrons. The number of rotatable bonds is 14. The zero-order chi connectivity index (χ0) is 24.3. The van der Waals surface area contributed by atoms with Gasteiger partial charge in [0.1, 0.15) is 0 Å². The van der Waals surface area contributed by atoms with Crippen LogP contribution in [-0.2, 0) is 29.3 Å². The van der Waals surface area contributed by atoms with E-state index in [0.717, 1.165) is 73.9 Å². The van der Waals surface area contributed by atoms with Crippen LogP contribution in [-0.4, -0.2) is 4.70 Å². The van der Waals surface area contributed by atoms with E-state index in [2.05, 4.69) is 76.2 Å². The molecule has 192 valence electrons. The maximum absolute atomic E-state index is 11.7. The van der Waals surface area contributed by atoms with Gasteiger partial charge in [0.15, 0.2) is 0 Å². The summed E-state index contributed by atoms with van der Waals surface area (Å²) in [5, 5.41) is 0. The third-order valence-electron chi connectivity index (χ3n) is 6.96. The van der Waals surface area contributed by atoms with Crippen molar-refractivity contribution < 1.29 is 21.2 Å². The van der Waals surface area contributed by atoms with E-state index in [9.17, 15) is 5.53 Å².